The Morgan fingerprint density at radius 3 is 2.65 bits per heavy atom. The van der Waals surface area contributed by atoms with Crippen molar-refractivity contribution >= 4 is 27.4 Å². The summed E-state index contributed by atoms with van der Waals surface area (Å²) in [5.41, 5.74) is 1.76. The predicted molar refractivity (Wildman–Crippen MR) is 96.0 cm³/mol. The van der Waals surface area contributed by atoms with Crippen molar-refractivity contribution in [3.8, 4) is 0 Å². The molecule has 0 atom stereocenters. The first-order valence-corrected chi connectivity index (χ1v) is 8.40. The van der Waals surface area contributed by atoms with Crippen LogP contribution in [0.25, 0.3) is 21.7 Å². The number of anilines is 1. The molecule has 0 bridgehead atoms. The van der Waals surface area contributed by atoms with Crippen LogP contribution in [0.2, 0.25) is 0 Å². The first kappa shape index (κ1) is 14.2. The molecule has 3 aromatic rings. The van der Waals surface area contributed by atoms with E-state index in [2.05, 4.69) is 10.3 Å². The van der Waals surface area contributed by atoms with E-state index in [1.807, 2.05) is 48.7 Å². The summed E-state index contributed by atoms with van der Waals surface area (Å²) in [7, 11) is 0. The van der Waals surface area contributed by atoms with Crippen LogP contribution in [0, 0.1) is 0 Å². The molecular formula is C20H20N2O. The minimum atomic E-state index is 0.0559. The van der Waals surface area contributed by atoms with Gasteiger partial charge in [0.25, 0.3) is 0 Å². The molecule has 1 N–H and O–H groups in total. The van der Waals surface area contributed by atoms with E-state index in [9.17, 15) is 4.79 Å². The monoisotopic (exact) mass is 304 g/mol. The minimum absolute atomic E-state index is 0.0559. The highest BCUT2D eigenvalue weighted by Crippen LogP contribution is 2.23. The van der Waals surface area contributed by atoms with Crippen LogP contribution in [0.4, 0.5) is 5.69 Å². The van der Waals surface area contributed by atoms with E-state index in [-0.39, 0.29) is 5.43 Å². The highest BCUT2D eigenvalue weighted by atomic mass is 16.1. The molecule has 0 saturated heterocycles. The van der Waals surface area contributed by atoms with Crippen LogP contribution >= 0.6 is 0 Å². The van der Waals surface area contributed by atoms with Gasteiger partial charge >= 0.3 is 0 Å². The van der Waals surface area contributed by atoms with E-state index in [1.54, 1.807) is 0 Å². The van der Waals surface area contributed by atoms with Gasteiger partial charge in [0, 0.05) is 11.4 Å². The summed E-state index contributed by atoms with van der Waals surface area (Å²) in [6.45, 7) is 0. The van der Waals surface area contributed by atoms with Crippen LogP contribution in [0.1, 0.15) is 32.1 Å². The Morgan fingerprint density at radius 2 is 1.78 bits per heavy atom. The fraction of sp³-hybridized carbons (Fsp3) is 0.300. The number of rotatable bonds is 2. The van der Waals surface area contributed by atoms with Gasteiger partial charge in [-0.3, -0.25) is 9.78 Å². The molecule has 2 aromatic carbocycles. The lowest BCUT2D eigenvalue weighted by atomic mass is 9.95. The van der Waals surface area contributed by atoms with E-state index >= 15 is 0 Å². The van der Waals surface area contributed by atoms with Gasteiger partial charge in [0.1, 0.15) is 0 Å². The van der Waals surface area contributed by atoms with Crippen molar-refractivity contribution < 1.29 is 0 Å². The lowest BCUT2D eigenvalue weighted by Gasteiger charge is -2.23. The van der Waals surface area contributed by atoms with Crippen LogP contribution in [-0.4, -0.2) is 11.0 Å². The topological polar surface area (TPSA) is 42.0 Å². The number of aromatic nitrogens is 1. The largest absolute Gasteiger partial charge is 0.381 e. The Balaban J connectivity index is 1.82. The normalized spacial score (nSPS) is 15.8. The van der Waals surface area contributed by atoms with Crippen molar-refractivity contribution in [1.29, 1.82) is 0 Å². The number of pyridine rings is 1. The third kappa shape index (κ3) is 2.79. The van der Waals surface area contributed by atoms with Crippen molar-refractivity contribution in [3.63, 3.8) is 0 Å². The van der Waals surface area contributed by atoms with E-state index in [0.717, 1.165) is 22.0 Å². The molecule has 0 radical (unpaired) electrons. The maximum absolute atomic E-state index is 12.9. The predicted octanol–water partition coefficient (Wildman–Crippen LogP) is 4.49. The van der Waals surface area contributed by atoms with Gasteiger partial charge in [0.05, 0.1) is 22.8 Å². The summed E-state index contributed by atoms with van der Waals surface area (Å²) in [5.74, 6) is 0. The average molecular weight is 304 g/mol. The lowest BCUT2D eigenvalue weighted by Crippen LogP contribution is -2.22. The summed E-state index contributed by atoms with van der Waals surface area (Å²) in [4.78, 5) is 17.4. The summed E-state index contributed by atoms with van der Waals surface area (Å²) in [6, 6.07) is 14.1. The zero-order valence-electron chi connectivity index (χ0n) is 13.1. The molecule has 3 heteroatoms. The third-order valence-corrected chi connectivity index (χ3v) is 4.77. The second-order valence-electron chi connectivity index (χ2n) is 6.39. The molecule has 0 amide bonds. The maximum Gasteiger partial charge on any atom is 0.195 e. The van der Waals surface area contributed by atoms with E-state index < -0.39 is 0 Å². The van der Waals surface area contributed by atoms with E-state index in [0.29, 0.717) is 11.4 Å². The standard InChI is InChI=1S/C20H20N2O/c23-20-17-9-5-4-6-14(17)10-11-19-18(20)12-16(13-21-19)22-15-7-2-1-3-8-15/h4-6,9-13,15,22H,1-3,7-8H2. The Morgan fingerprint density at radius 1 is 0.957 bits per heavy atom. The Hall–Kier alpha value is -2.42. The molecule has 1 fully saturated rings. The Bertz CT molecular complexity index is 914. The molecule has 1 aliphatic carbocycles. The van der Waals surface area contributed by atoms with Crippen LogP contribution in [-0.2, 0) is 0 Å². The number of nitrogens with one attached hydrogen (secondary N) is 1. The molecule has 23 heavy (non-hydrogen) atoms. The molecular weight excluding hydrogens is 284 g/mol. The van der Waals surface area contributed by atoms with Crippen molar-refractivity contribution in [2.45, 2.75) is 38.1 Å². The fourth-order valence-corrected chi connectivity index (χ4v) is 3.51. The van der Waals surface area contributed by atoms with Gasteiger partial charge in [0.2, 0.25) is 0 Å². The molecule has 3 nitrogen and oxygen atoms in total. The minimum Gasteiger partial charge on any atom is -0.381 e. The molecule has 0 unspecified atom stereocenters. The van der Waals surface area contributed by atoms with E-state index in [1.165, 1.54) is 32.1 Å². The number of fused-ring (bicyclic) bond motifs is 2. The van der Waals surface area contributed by atoms with Crippen LogP contribution in [0.5, 0.6) is 0 Å². The fourth-order valence-electron chi connectivity index (χ4n) is 3.51. The Kier molecular flexibility index (Phi) is 3.70. The highest BCUT2D eigenvalue weighted by Gasteiger charge is 2.13. The van der Waals surface area contributed by atoms with E-state index in [4.69, 9.17) is 0 Å². The van der Waals surface area contributed by atoms with Crippen LogP contribution in [0.3, 0.4) is 0 Å². The van der Waals surface area contributed by atoms with Gasteiger partial charge in [-0.15, -0.1) is 0 Å². The zero-order chi connectivity index (χ0) is 15.6. The quantitative estimate of drug-likeness (QED) is 0.758. The van der Waals surface area contributed by atoms with Gasteiger partial charge in [-0.05, 0) is 30.4 Å². The second kappa shape index (κ2) is 5.99. The van der Waals surface area contributed by atoms with Crippen molar-refractivity contribution in [3.05, 3.63) is 58.9 Å². The molecule has 1 aromatic heterocycles. The zero-order valence-corrected chi connectivity index (χ0v) is 13.1. The Labute approximate surface area is 135 Å². The van der Waals surface area contributed by atoms with Crippen molar-refractivity contribution in [1.82, 2.24) is 4.98 Å². The van der Waals surface area contributed by atoms with Gasteiger partial charge in [-0.1, -0.05) is 49.6 Å². The molecule has 0 spiro atoms. The van der Waals surface area contributed by atoms with Crippen LogP contribution in [0.15, 0.2) is 53.5 Å². The SMILES string of the molecule is O=c1c2ccccc2ccc2ncc(NC3CCCCC3)cc12. The smallest absolute Gasteiger partial charge is 0.195 e. The lowest BCUT2D eigenvalue weighted by molar-refractivity contribution is 0.462. The molecule has 1 aliphatic rings. The summed E-state index contributed by atoms with van der Waals surface area (Å²) < 4.78 is 0. The van der Waals surface area contributed by atoms with Crippen LogP contribution < -0.4 is 10.7 Å². The van der Waals surface area contributed by atoms with Crippen molar-refractivity contribution in [2.75, 3.05) is 5.32 Å². The summed E-state index contributed by atoms with van der Waals surface area (Å²) in [6.07, 6.45) is 8.15. The van der Waals surface area contributed by atoms with Gasteiger partial charge in [0.15, 0.2) is 5.43 Å². The summed E-state index contributed by atoms with van der Waals surface area (Å²) >= 11 is 0. The average Bonchev–Trinajstić information content (AvgIpc) is 2.74. The number of benzene rings is 1. The molecule has 116 valence electrons. The first-order chi connectivity index (χ1) is 11.3. The third-order valence-electron chi connectivity index (χ3n) is 4.77. The maximum atomic E-state index is 12.9. The molecule has 1 heterocycles. The molecule has 4 rings (SSSR count). The van der Waals surface area contributed by atoms with Gasteiger partial charge < -0.3 is 5.32 Å². The highest BCUT2D eigenvalue weighted by molar-refractivity contribution is 5.92. The molecule has 0 aliphatic heterocycles. The molecule has 1 saturated carbocycles. The van der Waals surface area contributed by atoms with Gasteiger partial charge in [-0.2, -0.15) is 0 Å². The first-order valence-electron chi connectivity index (χ1n) is 8.40. The van der Waals surface area contributed by atoms with Gasteiger partial charge in [-0.25, -0.2) is 0 Å². The number of hydrogen-bond donors (Lipinski definition) is 1. The second-order valence-corrected chi connectivity index (χ2v) is 6.39. The summed E-state index contributed by atoms with van der Waals surface area (Å²) in [5, 5.41) is 5.95. The number of nitrogens with zero attached hydrogens (tertiary/aromatic N) is 1. The van der Waals surface area contributed by atoms with Crippen molar-refractivity contribution in [2.24, 2.45) is 0 Å². The number of hydrogen-bond acceptors (Lipinski definition) is 3.